The largest absolute Gasteiger partial charge is 0.377 e. The molecule has 1 aliphatic rings. The molecule has 2 rings (SSSR count). The smallest absolute Gasteiger partial charge is 0.221 e. The maximum absolute atomic E-state index is 10.9. The lowest BCUT2D eigenvalue weighted by molar-refractivity contribution is -0.114. The van der Waals surface area contributed by atoms with Crippen LogP contribution in [0.2, 0.25) is 0 Å². The van der Waals surface area contributed by atoms with E-state index < -0.39 is 0 Å². The van der Waals surface area contributed by atoms with Crippen LogP contribution in [0.25, 0.3) is 0 Å². The van der Waals surface area contributed by atoms with Crippen molar-refractivity contribution in [2.45, 2.75) is 32.4 Å². The van der Waals surface area contributed by atoms with E-state index in [4.69, 9.17) is 4.74 Å². The van der Waals surface area contributed by atoms with E-state index in [2.05, 4.69) is 10.6 Å². The summed E-state index contributed by atoms with van der Waals surface area (Å²) in [6, 6.07) is 7.89. The van der Waals surface area contributed by atoms with Crippen molar-refractivity contribution in [2.75, 3.05) is 18.5 Å². The van der Waals surface area contributed by atoms with Gasteiger partial charge < -0.3 is 15.4 Å². The summed E-state index contributed by atoms with van der Waals surface area (Å²) in [5, 5.41) is 6.15. The van der Waals surface area contributed by atoms with E-state index in [-0.39, 0.29) is 5.91 Å². The molecule has 0 aromatic heterocycles. The van der Waals surface area contributed by atoms with E-state index in [1.54, 1.807) is 0 Å². The fraction of sp³-hybridized carbons (Fsp3) is 0.500. The highest BCUT2D eigenvalue weighted by atomic mass is 16.5. The third-order valence-corrected chi connectivity index (χ3v) is 3.00. The van der Waals surface area contributed by atoms with Gasteiger partial charge in [0.2, 0.25) is 5.91 Å². The van der Waals surface area contributed by atoms with Crippen LogP contribution in [0.3, 0.4) is 0 Å². The van der Waals surface area contributed by atoms with Gasteiger partial charge in [-0.05, 0) is 30.5 Å². The second-order valence-corrected chi connectivity index (χ2v) is 4.64. The van der Waals surface area contributed by atoms with Crippen LogP contribution in [0.5, 0.6) is 0 Å². The van der Waals surface area contributed by atoms with Crippen molar-refractivity contribution in [2.24, 2.45) is 0 Å². The Balaban J connectivity index is 1.73. The summed E-state index contributed by atoms with van der Waals surface area (Å²) >= 11 is 0. The first kappa shape index (κ1) is 13.1. The number of carbonyl (C=O) groups is 1. The van der Waals surface area contributed by atoms with Gasteiger partial charge in [0.15, 0.2) is 0 Å². The maximum atomic E-state index is 10.9. The number of rotatable bonds is 5. The van der Waals surface area contributed by atoms with E-state index in [0.29, 0.717) is 6.10 Å². The molecule has 0 unspecified atom stereocenters. The third-order valence-electron chi connectivity index (χ3n) is 3.00. The Labute approximate surface area is 108 Å². The van der Waals surface area contributed by atoms with Crippen LogP contribution in [0.4, 0.5) is 5.69 Å². The molecular formula is C14H20N2O2. The SMILES string of the molecule is CC(=O)Nc1ccc(CNC[C@H]2CCCO2)cc1. The van der Waals surface area contributed by atoms with Gasteiger partial charge in [-0.25, -0.2) is 0 Å². The van der Waals surface area contributed by atoms with Crippen LogP contribution < -0.4 is 10.6 Å². The topological polar surface area (TPSA) is 50.4 Å². The van der Waals surface area contributed by atoms with Crippen LogP contribution >= 0.6 is 0 Å². The van der Waals surface area contributed by atoms with Gasteiger partial charge in [-0.15, -0.1) is 0 Å². The Bertz CT molecular complexity index is 383. The first-order valence-corrected chi connectivity index (χ1v) is 6.43. The Morgan fingerprint density at radius 3 is 2.78 bits per heavy atom. The molecule has 4 nitrogen and oxygen atoms in total. The molecule has 0 bridgehead atoms. The quantitative estimate of drug-likeness (QED) is 0.837. The molecule has 1 saturated heterocycles. The molecule has 0 saturated carbocycles. The zero-order valence-electron chi connectivity index (χ0n) is 10.7. The summed E-state index contributed by atoms with van der Waals surface area (Å²) < 4.78 is 5.54. The van der Waals surface area contributed by atoms with Gasteiger partial charge in [0.1, 0.15) is 0 Å². The fourth-order valence-electron chi connectivity index (χ4n) is 2.09. The van der Waals surface area contributed by atoms with Crippen molar-refractivity contribution in [1.82, 2.24) is 5.32 Å². The maximum Gasteiger partial charge on any atom is 0.221 e. The molecule has 1 aliphatic heterocycles. The molecule has 0 spiro atoms. The number of anilines is 1. The highest BCUT2D eigenvalue weighted by molar-refractivity contribution is 5.88. The van der Waals surface area contributed by atoms with Crippen molar-refractivity contribution >= 4 is 11.6 Å². The number of carbonyl (C=O) groups excluding carboxylic acids is 1. The normalized spacial score (nSPS) is 18.8. The summed E-state index contributed by atoms with van der Waals surface area (Å²) in [7, 11) is 0. The number of nitrogens with one attached hydrogen (secondary N) is 2. The van der Waals surface area contributed by atoms with Crippen molar-refractivity contribution in [1.29, 1.82) is 0 Å². The molecule has 0 radical (unpaired) electrons. The minimum atomic E-state index is -0.0424. The number of hydrogen-bond acceptors (Lipinski definition) is 3. The number of ether oxygens (including phenoxy) is 1. The van der Waals surface area contributed by atoms with Gasteiger partial charge in [-0.1, -0.05) is 12.1 Å². The Kier molecular flexibility index (Phi) is 4.73. The molecule has 1 aromatic carbocycles. The van der Waals surface area contributed by atoms with E-state index in [0.717, 1.165) is 31.8 Å². The van der Waals surface area contributed by atoms with Crippen LogP contribution in [0.1, 0.15) is 25.3 Å². The minimum absolute atomic E-state index is 0.0424. The lowest BCUT2D eigenvalue weighted by Crippen LogP contribution is -2.25. The highest BCUT2D eigenvalue weighted by Crippen LogP contribution is 2.12. The lowest BCUT2D eigenvalue weighted by atomic mass is 10.2. The Morgan fingerprint density at radius 2 is 2.17 bits per heavy atom. The number of amides is 1. The summed E-state index contributed by atoms with van der Waals surface area (Å²) in [5.74, 6) is -0.0424. The minimum Gasteiger partial charge on any atom is -0.377 e. The molecule has 1 aromatic rings. The second kappa shape index (κ2) is 6.52. The van der Waals surface area contributed by atoms with Crippen LogP contribution in [-0.4, -0.2) is 25.2 Å². The summed E-state index contributed by atoms with van der Waals surface area (Å²) in [6.07, 6.45) is 2.72. The molecule has 0 aliphatic carbocycles. The number of hydrogen-bond donors (Lipinski definition) is 2. The molecular weight excluding hydrogens is 228 g/mol. The van der Waals surface area contributed by atoms with Crippen molar-refractivity contribution < 1.29 is 9.53 Å². The van der Waals surface area contributed by atoms with E-state index in [1.807, 2.05) is 24.3 Å². The van der Waals surface area contributed by atoms with E-state index in [9.17, 15) is 4.79 Å². The summed E-state index contributed by atoms with van der Waals surface area (Å²) in [6.45, 7) is 4.16. The predicted octanol–water partition coefficient (Wildman–Crippen LogP) is 1.91. The molecule has 2 N–H and O–H groups in total. The monoisotopic (exact) mass is 248 g/mol. The molecule has 4 heteroatoms. The van der Waals surface area contributed by atoms with Crippen molar-refractivity contribution in [3.05, 3.63) is 29.8 Å². The fourth-order valence-corrected chi connectivity index (χ4v) is 2.09. The Hall–Kier alpha value is -1.39. The summed E-state index contributed by atoms with van der Waals surface area (Å²) in [5.41, 5.74) is 2.05. The van der Waals surface area contributed by atoms with Crippen molar-refractivity contribution in [3.8, 4) is 0 Å². The molecule has 1 heterocycles. The average molecular weight is 248 g/mol. The molecule has 18 heavy (non-hydrogen) atoms. The van der Waals surface area contributed by atoms with Crippen LogP contribution in [0.15, 0.2) is 24.3 Å². The predicted molar refractivity (Wildman–Crippen MR) is 71.4 cm³/mol. The Morgan fingerprint density at radius 1 is 1.39 bits per heavy atom. The molecule has 1 fully saturated rings. The van der Waals surface area contributed by atoms with Gasteiger partial charge in [-0.3, -0.25) is 4.79 Å². The second-order valence-electron chi connectivity index (χ2n) is 4.64. The zero-order chi connectivity index (χ0) is 12.8. The first-order valence-electron chi connectivity index (χ1n) is 6.43. The van der Waals surface area contributed by atoms with E-state index in [1.165, 1.54) is 18.9 Å². The van der Waals surface area contributed by atoms with Gasteiger partial charge in [0.25, 0.3) is 0 Å². The van der Waals surface area contributed by atoms with Gasteiger partial charge in [0, 0.05) is 32.3 Å². The van der Waals surface area contributed by atoms with Gasteiger partial charge >= 0.3 is 0 Å². The number of benzene rings is 1. The molecule has 1 atom stereocenters. The average Bonchev–Trinajstić information content (AvgIpc) is 2.84. The highest BCUT2D eigenvalue weighted by Gasteiger charge is 2.14. The first-order chi connectivity index (χ1) is 8.74. The van der Waals surface area contributed by atoms with Gasteiger partial charge in [-0.2, -0.15) is 0 Å². The molecule has 1 amide bonds. The lowest BCUT2D eigenvalue weighted by Gasteiger charge is -2.11. The molecule has 98 valence electrons. The van der Waals surface area contributed by atoms with Crippen molar-refractivity contribution in [3.63, 3.8) is 0 Å². The zero-order valence-corrected chi connectivity index (χ0v) is 10.7. The third kappa shape index (κ3) is 4.13. The van der Waals surface area contributed by atoms with Crippen LogP contribution in [0, 0.1) is 0 Å². The van der Waals surface area contributed by atoms with Gasteiger partial charge in [0.05, 0.1) is 6.10 Å². The van der Waals surface area contributed by atoms with Crippen LogP contribution in [-0.2, 0) is 16.1 Å². The standard InChI is InChI=1S/C14H20N2O2/c1-11(17)16-13-6-4-12(5-7-13)9-15-10-14-3-2-8-18-14/h4-7,14-15H,2-3,8-10H2,1H3,(H,16,17)/t14-/m1/s1. The van der Waals surface area contributed by atoms with E-state index >= 15 is 0 Å². The summed E-state index contributed by atoms with van der Waals surface area (Å²) in [4.78, 5) is 10.9.